The summed E-state index contributed by atoms with van der Waals surface area (Å²) in [5.41, 5.74) is 6.09. The lowest BCUT2D eigenvalue weighted by Gasteiger charge is -2.08. The van der Waals surface area contributed by atoms with Gasteiger partial charge in [-0.25, -0.2) is 13.4 Å². The summed E-state index contributed by atoms with van der Waals surface area (Å²) in [6.07, 6.45) is 2.69. The Hall–Kier alpha value is -0.900. The van der Waals surface area contributed by atoms with Gasteiger partial charge >= 0.3 is 0 Å². The summed E-state index contributed by atoms with van der Waals surface area (Å²) in [7, 11) is -3.30. The molecule has 0 aromatic carbocycles. The quantitative estimate of drug-likeness (QED) is 0.430. The standard InChI is InChI=1S/C12H20N4O2S.HI/c1-9(2)7-15-12(13)16-8-10-11(19(3,17)18)5-4-6-14-10;/h4-6,9H,7-8H2,1-3H3,(H3,13,15,16);1H. The Morgan fingerprint density at radius 2 is 2.15 bits per heavy atom. The van der Waals surface area contributed by atoms with Crippen LogP contribution in [0.5, 0.6) is 0 Å². The van der Waals surface area contributed by atoms with E-state index in [4.69, 9.17) is 5.73 Å². The highest BCUT2D eigenvalue weighted by molar-refractivity contribution is 14.0. The fourth-order valence-corrected chi connectivity index (χ4v) is 2.28. The maximum Gasteiger partial charge on any atom is 0.188 e. The van der Waals surface area contributed by atoms with Crippen LogP contribution in [0.1, 0.15) is 19.5 Å². The van der Waals surface area contributed by atoms with E-state index in [1.54, 1.807) is 6.07 Å². The molecule has 6 nitrogen and oxygen atoms in total. The van der Waals surface area contributed by atoms with Crippen LogP contribution in [-0.2, 0) is 16.4 Å². The summed E-state index contributed by atoms with van der Waals surface area (Å²) in [6.45, 7) is 4.97. The second-order valence-electron chi connectivity index (χ2n) is 4.70. The zero-order chi connectivity index (χ0) is 14.5. The van der Waals surface area contributed by atoms with Crippen molar-refractivity contribution in [3.8, 4) is 0 Å². The van der Waals surface area contributed by atoms with Crippen LogP contribution in [0, 0.1) is 5.92 Å². The summed E-state index contributed by atoms with van der Waals surface area (Å²) in [4.78, 5) is 8.33. The van der Waals surface area contributed by atoms with Gasteiger partial charge in [-0.15, -0.1) is 24.0 Å². The van der Waals surface area contributed by atoms with E-state index in [-0.39, 0.29) is 35.4 Å². The number of hydrogen-bond acceptors (Lipinski definition) is 4. The Labute approximate surface area is 137 Å². The van der Waals surface area contributed by atoms with Crippen LogP contribution in [-0.4, -0.2) is 32.2 Å². The number of guanidine groups is 1. The second-order valence-corrected chi connectivity index (χ2v) is 6.68. The van der Waals surface area contributed by atoms with Crippen LogP contribution in [0.4, 0.5) is 0 Å². The van der Waals surface area contributed by atoms with Gasteiger partial charge in [0.05, 0.1) is 17.1 Å². The Morgan fingerprint density at radius 1 is 1.50 bits per heavy atom. The Balaban J connectivity index is 0.00000361. The molecule has 0 saturated heterocycles. The first kappa shape index (κ1) is 19.1. The third kappa shape index (κ3) is 6.51. The van der Waals surface area contributed by atoms with Gasteiger partial charge in [-0.05, 0) is 18.1 Å². The number of rotatable bonds is 5. The van der Waals surface area contributed by atoms with Crippen molar-refractivity contribution in [2.45, 2.75) is 25.3 Å². The highest BCUT2D eigenvalue weighted by Gasteiger charge is 2.13. The molecule has 1 aromatic rings. The lowest BCUT2D eigenvalue weighted by molar-refractivity contribution is 0.599. The third-order valence-electron chi connectivity index (χ3n) is 2.34. The summed E-state index contributed by atoms with van der Waals surface area (Å²) in [5.74, 6) is 0.744. The van der Waals surface area contributed by atoms with Crippen LogP contribution in [0.15, 0.2) is 28.2 Å². The van der Waals surface area contributed by atoms with E-state index < -0.39 is 9.84 Å². The number of aromatic nitrogens is 1. The minimum absolute atomic E-state index is 0. The Bertz CT molecular complexity index is 558. The highest BCUT2D eigenvalue weighted by Crippen LogP contribution is 2.13. The molecule has 0 aliphatic carbocycles. The maximum absolute atomic E-state index is 11.6. The van der Waals surface area contributed by atoms with Gasteiger partial charge in [0.15, 0.2) is 15.8 Å². The molecule has 1 aromatic heterocycles. The number of nitrogens with zero attached hydrogens (tertiary/aromatic N) is 2. The van der Waals surface area contributed by atoms with Crippen molar-refractivity contribution < 1.29 is 8.42 Å². The van der Waals surface area contributed by atoms with Gasteiger partial charge in [-0.1, -0.05) is 13.8 Å². The summed E-state index contributed by atoms with van der Waals surface area (Å²) in [6, 6.07) is 3.11. The predicted octanol–water partition coefficient (Wildman–Crippen LogP) is 1.16. The van der Waals surface area contributed by atoms with Crippen LogP contribution < -0.4 is 11.1 Å². The molecular formula is C12H21IN4O2S. The fraction of sp³-hybridized carbons (Fsp3) is 0.500. The zero-order valence-electron chi connectivity index (χ0n) is 11.8. The zero-order valence-corrected chi connectivity index (χ0v) is 15.0. The van der Waals surface area contributed by atoms with Crippen molar-refractivity contribution in [3.63, 3.8) is 0 Å². The predicted molar refractivity (Wildman–Crippen MR) is 90.9 cm³/mol. The molecule has 0 aliphatic rings. The van der Waals surface area contributed by atoms with E-state index in [0.717, 1.165) is 12.8 Å². The maximum atomic E-state index is 11.6. The van der Waals surface area contributed by atoms with Crippen molar-refractivity contribution in [2.24, 2.45) is 16.6 Å². The van der Waals surface area contributed by atoms with Crippen molar-refractivity contribution in [1.82, 2.24) is 10.3 Å². The number of hydrogen-bond donors (Lipinski definition) is 2. The van der Waals surface area contributed by atoms with Gasteiger partial charge in [-0.3, -0.25) is 4.98 Å². The number of aliphatic imine (C=N–C) groups is 1. The van der Waals surface area contributed by atoms with Crippen LogP contribution >= 0.6 is 24.0 Å². The molecule has 0 atom stereocenters. The molecule has 0 unspecified atom stereocenters. The largest absolute Gasteiger partial charge is 0.370 e. The average molecular weight is 412 g/mol. The molecule has 20 heavy (non-hydrogen) atoms. The number of sulfone groups is 1. The number of nitrogens with one attached hydrogen (secondary N) is 1. The molecular weight excluding hydrogens is 391 g/mol. The molecule has 0 amide bonds. The van der Waals surface area contributed by atoms with E-state index in [9.17, 15) is 8.42 Å². The van der Waals surface area contributed by atoms with Gasteiger partial charge < -0.3 is 11.1 Å². The fourth-order valence-electron chi connectivity index (χ4n) is 1.40. The molecule has 0 bridgehead atoms. The molecule has 0 spiro atoms. The lowest BCUT2D eigenvalue weighted by Crippen LogP contribution is -2.34. The van der Waals surface area contributed by atoms with Crippen molar-refractivity contribution in [3.05, 3.63) is 24.0 Å². The monoisotopic (exact) mass is 412 g/mol. The van der Waals surface area contributed by atoms with Gasteiger partial charge in [0, 0.05) is 19.0 Å². The number of nitrogens with two attached hydrogens (primary N) is 1. The van der Waals surface area contributed by atoms with E-state index in [0.29, 0.717) is 17.6 Å². The summed E-state index contributed by atoms with van der Waals surface area (Å²) < 4.78 is 23.2. The first-order valence-corrected chi connectivity index (χ1v) is 7.87. The topological polar surface area (TPSA) is 97.4 Å². The van der Waals surface area contributed by atoms with E-state index in [2.05, 4.69) is 29.1 Å². The Morgan fingerprint density at radius 3 is 2.70 bits per heavy atom. The molecule has 114 valence electrons. The molecule has 1 rings (SSSR count). The van der Waals surface area contributed by atoms with Crippen molar-refractivity contribution >= 4 is 39.8 Å². The first-order valence-electron chi connectivity index (χ1n) is 5.98. The van der Waals surface area contributed by atoms with E-state index in [1.807, 2.05) is 0 Å². The molecule has 8 heteroatoms. The van der Waals surface area contributed by atoms with E-state index in [1.165, 1.54) is 12.3 Å². The minimum atomic E-state index is -3.30. The molecule has 1 heterocycles. The average Bonchev–Trinajstić information content (AvgIpc) is 2.33. The summed E-state index contributed by atoms with van der Waals surface area (Å²) in [5, 5.41) is 2.96. The van der Waals surface area contributed by atoms with Crippen LogP contribution in [0.25, 0.3) is 0 Å². The molecule has 0 radical (unpaired) electrons. The normalized spacial score (nSPS) is 12.1. The van der Waals surface area contributed by atoms with Crippen LogP contribution in [0.2, 0.25) is 0 Å². The van der Waals surface area contributed by atoms with Crippen molar-refractivity contribution in [1.29, 1.82) is 0 Å². The second kappa shape index (κ2) is 8.40. The van der Waals surface area contributed by atoms with E-state index >= 15 is 0 Å². The minimum Gasteiger partial charge on any atom is -0.370 e. The van der Waals surface area contributed by atoms with Crippen LogP contribution in [0.3, 0.4) is 0 Å². The number of halogens is 1. The third-order valence-corrected chi connectivity index (χ3v) is 3.51. The molecule has 0 saturated carbocycles. The first-order chi connectivity index (χ1) is 8.80. The number of pyridine rings is 1. The summed E-state index contributed by atoms with van der Waals surface area (Å²) >= 11 is 0. The van der Waals surface area contributed by atoms with Gasteiger partial charge in [-0.2, -0.15) is 0 Å². The van der Waals surface area contributed by atoms with Gasteiger partial charge in [0.1, 0.15) is 0 Å². The highest BCUT2D eigenvalue weighted by atomic mass is 127. The van der Waals surface area contributed by atoms with Crippen molar-refractivity contribution in [2.75, 3.05) is 12.8 Å². The lowest BCUT2D eigenvalue weighted by atomic mass is 10.2. The Kier molecular flexibility index (Phi) is 8.02. The van der Waals surface area contributed by atoms with Gasteiger partial charge in [0.25, 0.3) is 0 Å². The molecule has 0 aliphatic heterocycles. The van der Waals surface area contributed by atoms with Gasteiger partial charge in [0.2, 0.25) is 0 Å². The smallest absolute Gasteiger partial charge is 0.188 e. The SMILES string of the molecule is CC(C)CNC(N)=NCc1ncccc1S(C)(=O)=O.I. The molecule has 3 N–H and O–H groups in total. The molecule has 0 fully saturated rings.